The summed E-state index contributed by atoms with van der Waals surface area (Å²) in [4.78, 5) is 18.2. The maximum Gasteiger partial charge on any atom is 0.274 e. The number of amides is 1. The number of hydroxylamine groups is 1. The van der Waals surface area contributed by atoms with Crippen LogP contribution in [0.15, 0.2) is 66.9 Å². The summed E-state index contributed by atoms with van der Waals surface area (Å²) < 4.78 is 25.7. The number of phenolic OH excluding ortho intramolecular Hbond substituents is 1. The Bertz CT molecular complexity index is 1810. The Balaban J connectivity index is 1.31. The van der Waals surface area contributed by atoms with Gasteiger partial charge in [-0.1, -0.05) is 12.1 Å². The van der Waals surface area contributed by atoms with Crippen LogP contribution in [0.25, 0.3) is 22.3 Å². The Morgan fingerprint density at radius 3 is 2.43 bits per heavy atom. The van der Waals surface area contributed by atoms with Gasteiger partial charge in [-0.2, -0.15) is 10.5 Å². The molecule has 12 heteroatoms. The highest BCUT2D eigenvalue weighted by Gasteiger charge is 2.26. The molecule has 1 saturated heterocycles. The minimum Gasteiger partial charge on any atom is -0.504 e. The highest BCUT2D eigenvalue weighted by Crippen LogP contribution is 2.41. The molecule has 3 aromatic carbocycles. The van der Waals surface area contributed by atoms with Gasteiger partial charge in [0.05, 0.1) is 12.7 Å². The smallest absolute Gasteiger partial charge is 0.274 e. The maximum absolute atomic E-state index is 14.8. The zero-order valence-corrected chi connectivity index (χ0v) is 25.0. The zero-order valence-electron chi connectivity index (χ0n) is 25.0. The fraction of sp³-hybridized carbons (Fsp3) is 0.235. The van der Waals surface area contributed by atoms with E-state index in [1.54, 1.807) is 54.1 Å². The molecule has 1 aliphatic heterocycles. The maximum atomic E-state index is 14.8. The van der Waals surface area contributed by atoms with E-state index in [0.29, 0.717) is 65.6 Å². The Labute approximate surface area is 265 Å². The third kappa shape index (κ3) is 6.84. The number of aromatic hydroxyl groups is 1. The molecule has 46 heavy (non-hydrogen) atoms. The second-order valence-electron chi connectivity index (χ2n) is 10.6. The molecule has 0 atom stereocenters. The minimum atomic E-state index is -0.701. The molecule has 1 amide bonds. The summed E-state index contributed by atoms with van der Waals surface area (Å²) in [6.45, 7) is 2.26. The van der Waals surface area contributed by atoms with E-state index in [0.717, 1.165) is 12.8 Å². The molecule has 2 heterocycles. The number of phenols is 1. The number of ether oxygens (including phenoxy) is 2. The Morgan fingerprint density at radius 2 is 1.80 bits per heavy atom. The van der Waals surface area contributed by atoms with Crippen molar-refractivity contribution in [2.24, 2.45) is 0 Å². The number of piperidine rings is 1. The number of benzene rings is 3. The average Bonchev–Trinajstić information content (AvgIpc) is 3.09. The van der Waals surface area contributed by atoms with Gasteiger partial charge in [-0.3, -0.25) is 10.0 Å². The van der Waals surface area contributed by atoms with Crippen molar-refractivity contribution in [1.29, 1.82) is 10.5 Å². The number of pyridine rings is 1. The normalized spacial score (nSPS) is 13.0. The number of hydrogen-bond acceptors (Lipinski definition) is 10. The number of carbonyl (C=O) groups excluding carboxylic acids is 1. The number of nitrogens with one attached hydrogen (secondary N) is 2. The minimum absolute atomic E-state index is 0.0930. The lowest BCUT2D eigenvalue weighted by atomic mass is 9.91. The highest BCUT2D eigenvalue weighted by molar-refractivity contribution is 5.93. The van der Waals surface area contributed by atoms with Crippen LogP contribution in [0.4, 0.5) is 10.2 Å². The first kappa shape index (κ1) is 31.7. The molecule has 0 spiro atoms. The van der Waals surface area contributed by atoms with Gasteiger partial charge in [-0.15, -0.1) is 0 Å². The fourth-order valence-corrected chi connectivity index (χ4v) is 5.48. The van der Waals surface area contributed by atoms with E-state index in [4.69, 9.17) is 14.7 Å². The molecular formula is C34H31FN6O5. The summed E-state index contributed by atoms with van der Waals surface area (Å²) in [5.74, 6) is -0.0238. The van der Waals surface area contributed by atoms with Crippen LogP contribution in [0, 0.1) is 28.5 Å². The third-order valence-electron chi connectivity index (χ3n) is 7.86. The van der Waals surface area contributed by atoms with Crippen molar-refractivity contribution in [1.82, 2.24) is 15.8 Å². The monoisotopic (exact) mass is 622 g/mol. The van der Waals surface area contributed by atoms with Crippen LogP contribution in [0.3, 0.4) is 0 Å². The van der Waals surface area contributed by atoms with Gasteiger partial charge in [0.15, 0.2) is 11.5 Å². The molecule has 0 saturated carbocycles. The van der Waals surface area contributed by atoms with Crippen LogP contribution in [0.1, 0.15) is 34.3 Å². The predicted octanol–water partition coefficient (Wildman–Crippen LogP) is 4.77. The number of anilines is 1. The van der Waals surface area contributed by atoms with Crippen LogP contribution in [0.5, 0.6) is 17.2 Å². The van der Waals surface area contributed by atoms with Gasteiger partial charge < -0.3 is 24.8 Å². The second-order valence-corrected chi connectivity index (χ2v) is 10.6. The number of carbonyl (C=O) groups is 1. The molecule has 4 N–H and O–H groups in total. The topological polar surface area (TPSA) is 164 Å². The van der Waals surface area contributed by atoms with Gasteiger partial charge >= 0.3 is 0 Å². The summed E-state index contributed by atoms with van der Waals surface area (Å²) >= 11 is 0. The van der Waals surface area contributed by atoms with Crippen LogP contribution in [0.2, 0.25) is 0 Å². The number of nitriles is 2. The molecule has 1 fully saturated rings. The summed E-state index contributed by atoms with van der Waals surface area (Å²) in [5.41, 5.74) is 4.00. The molecule has 11 nitrogen and oxygen atoms in total. The van der Waals surface area contributed by atoms with Gasteiger partial charge in [-0.25, -0.2) is 14.9 Å². The molecule has 5 rings (SSSR count). The molecule has 234 valence electrons. The molecule has 0 unspecified atom stereocenters. The molecular weight excluding hydrogens is 591 g/mol. The van der Waals surface area contributed by atoms with Crippen molar-refractivity contribution < 1.29 is 29.0 Å². The average molecular weight is 623 g/mol. The standard InChI is InChI=1S/C34H31FN6O5/c1-45-31-9-6-22(17-30(31)42)28-20-39-33(27(19-37)32(28)23-2-3-24(18-36)29(35)16-23)41-13-10-25(11-14-41)38-12-15-46-26-7-4-21(5-8-26)34(43)40-44/h2-9,16-17,20,25,38,42,44H,10-15H2,1H3,(H,40,43). The summed E-state index contributed by atoms with van der Waals surface area (Å²) in [6.07, 6.45) is 3.19. The van der Waals surface area contributed by atoms with Crippen LogP contribution in [-0.4, -0.2) is 60.6 Å². The Hall–Kier alpha value is -5.69. The summed E-state index contributed by atoms with van der Waals surface area (Å²) in [7, 11) is 1.44. The SMILES string of the molecule is COc1ccc(-c2cnc(N3CCC(NCCOc4ccc(C(=O)NO)cc4)CC3)c(C#N)c2-c2ccc(C#N)c(F)c2)cc1O. The number of methoxy groups -OCH3 is 1. The number of nitrogens with zero attached hydrogens (tertiary/aromatic N) is 4. The van der Waals surface area contributed by atoms with E-state index in [2.05, 4.69) is 16.4 Å². The molecule has 1 aromatic heterocycles. The van der Waals surface area contributed by atoms with Gasteiger partial charge in [-0.05, 0) is 72.5 Å². The van der Waals surface area contributed by atoms with Crippen molar-refractivity contribution >= 4 is 11.7 Å². The fourth-order valence-electron chi connectivity index (χ4n) is 5.48. The lowest BCUT2D eigenvalue weighted by Crippen LogP contribution is -2.44. The van der Waals surface area contributed by atoms with Crippen LogP contribution >= 0.6 is 0 Å². The van der Waals surface area contributed by atoms with Gasteiger partial charge in [0.1, 0.15) is 41.7 Å². The molecule has 0 radical (unpaired) electrons. The van der Waals surface area contributed by atoms with Crippen molar-refractivity contribution in [3.8, 4) is 51.6 Å². The first-order valence-corrected chi connectivity index (χ1v) is 14.5. The molecule has 4 aromatic rings. The molecule has 0 aliphatic carbocycles. The Kier molecular flexibility index (Phi) is 9.93. The van der Waals surface area contributed by atoms with Crippen molar-refractivity contribution in [3.63, 3.8) is 0 Å². The van der Waals surface area contributed by atoms with Crippen LogP contribution in [-0.2, 0) is 0 Å². The van der Waals surface area contributed by atoms with E-state index < -0.39 is 11.7 Å². The highest BCUT2D eigenvalue weighted by atomic mass is 19.1. The first-order valence-electron chi connectivity index (χ1n) is 14.5. The predicted molar refractivity (Wildman–Crippen MR) is 167 cm³/mol. The van der Waals surface area contributed by atoms with E-state index in [1.165, 1.54) is 25.3 Å². The number of halogens is 1. The van der Waals surface area contributed by atoms with Crippen molar-refractivity contribution in [3.05, 3.63) is 89.4 Å². The van der Waals surface area contributed by atoms with Crippen molar-refractivity contribution in [2.75, 3.05) is 38.3 Å². The lowest BCUT2D eigenvalue weighted by Gasteiger charge is -2.34. The van der Waals surface area contributed by atoms with E-state index >= 15 is 0 Å². The van der Waals surface area contributed by atoms with Crippen molar-refractivity contribution in [2.45, 2.75) is 18.9 Å². The second kappa shape index (κ2) is 14.4. The van der Waals surface area contributed by atoms with Gasteiger partial charge in [0.2, 0.25) is 0 Å². The third-order valence-corrected chi connectivity index (χ3v) is 7.86. The van der Waals surface area contributed by atoms with Gasteiger partial charge in [0.25, 0.3) is 5.91 Å². The largest absolute Gasteiger partial charge is 0.504 e. The first-order chi connectivity index (χ1) is 22.4. The van der Waals surface area contributed by atoms with Gasteiger partial charge in [0, 0.05) is 48.6 Å². The Morgan fingerprint density at radius 1 is 1.07 bits per heavy atom. The number of aromatic nitrogens is 1. The zero-order chi connectivity index (χ0) is 32.6. The quantitative estimate of drug-likeness (QED) is 0.110. The number of rotatable bonds is 10. The lowest BCUT2D eigenvalue weighted by molar-refractivity contribution is 0.0706. The van der Waals surface area contributed by atoms with E-state index in [1.807, 2.05) is 11.0 Å². The molecule has 0 bridgehead atoms. The molecule has 1 aliphatic rings. The summed E-state index contributed by atoms with van der Waals surface area (Å²) in [5, 5.41) is 42.4. The number of hydrogen-bond donors (Lipinski definition) is 4. The van der Waals surface area contributed by atoms with E-state index in [9.17, 15) is 24.8 Å². The van der Waals surface area contributed by atoms with E-state index in [-0.39, 0.29) is 28.7 Å². The summed E-state index contributed by atoms with van der Waals surface area (Å²) in [6, 6.07) is 19.8. The van der Waals surface area contributed by atoms with Crippen LogP contribution < -0.4 is 25.2 Å².